The summed E-state index contributed by atoms with van der Waals surface area (Å²) in [5.74, 6) is -2.23. The zero-order valence-corrected chi connectivity index (χ0v) is 19.5. The Morgan fingerprint density at radius 3 is 2.29 bits per heavy atom. The van der Waals surface area contributed by atoms with Gasteiger partial charge in [0.2, 0.25) is 5.91 Å². The summed E-state index contributed by atoms with van der Waals surface area (Å²) in [6.07, 6.45) is -16.1. The molecule has 2 N–H and O–H groups in total. The maximum Gasteiger partial charge on any atom is 0.437 e. The van der Waals surface area contributed by atoms with E-state index in [1.54, 1.807) is 0 Å². The first kappa shape index (κ1) is 29.1. The Bertz CT molecular complexity index is 1270. The van der Waals surface area contributed by atoms with Crippen LogP contribution in [-0.2, 0) is 28.5 Å². The second kappa shape index (κ2) is 9.99. The van der Waals surface area contributed by atoms with Gasteiger partial charge in [-0.15, -0.1) is 0 Å². The highest BCUT2D eigenvalue weighted by atomic mass is 35.5. The third kappa shape index (κ3) is 6.14. The Hall–Kier alpha value is -3.50. The first-order valence-corrected chi connectivity index (χ1v) is 10.6. The van der Waals surface area contributed by atoms with Gasteiger partial charge in [-0.05, 0) is 18.2 Å². The fraction of sp³-hybridized carbons (Fsp3) is 0.400. The molecule has 1 aliphatic heterocycles. The van der Waals surface area contributed by atoms with Gasteiger partial charge >= 0.3 is 18.5 Å². The van der Waals surface area contributed by atoms with E-state index in [1.807, 2.05) is 5.32 Å². The fourth-order valence-electron chi connectivity index (χ4n) is 3.40. The van der Waals surface area contributed by atoms with Crippen molar-refractivity contribution >= 4 is 29.1 Å². The molecule has 2 aromatic rings. The van der Waals surface area contributed by atoms with Crippen LogP contribution in [0.5, 0.6) is 0 Å². The van der Waals surface area contributed by atoms with E-state index in [9.17, 15) is 49.1 Å². The van der Waals surface area contributed by atoms with Crippen molar-refractivity contribution in [1.82, 2.24) is 20.4 Å². The number of halogens is 10. The highest BCUT2D eigenvalue weighted by Crippen LogP contribution is 2.49. The quantitative estimate of drug-likeness (QED) is 0.504. The molecule has 2 amide bonds. The molecular weight excluding hydrogens is 565 g/mol. The van der Waals surface area contributed by atoms with Gasteiger partial charge in [-0.2, -0.15) is 44.6 Å². The number of aryl methyl sites for hydroxylation is 1. The topological polar surface area (TPSA) is 97.6 Å². The van der Waals surface area contributed by atoms with E-state index in [1.165, 1.54) is 5.32 Å². The minimum absolute atomic E-state index is 0.134. The van der Waals surface area contributed by atoms with Crippen molar-refractivity contribution in [2.24, 2.45) is 12.2 Å². The first-order chi connectivity index (χ1) is 17.3. The number of hydrogen-bond donors (Lipinski definition) is 2. The lowest BCUT2D eigenvalue weighted by molar-refractivity contribution is -0.278. The Kier molecular flexibility index (Phi) is 7.64. The second-order valence-corrected chi connectivity index (χ2v) is 8.34. The van der Waals surface area contributed by atoms with E-state index >= 15 is 0 Å². The summed E-state index contributed by atoms with van der Waals surface area (Å²) in [7, 11) is 0.870. The standard InChI is InChI=1S/C20H15ClF9N5O3/c1-35-14(5-13(33-35)19(25,26)27)17(20(28,29)30)6-12(34-38-17)9-2-3-11(21)10(4-9)16(37)31-7-15(36)32-8-18(22,23)24/h2-5H,6-8H2,1H3,(H,31,37)(H,32,36). The molecule has 3 rings (SSSR count). The summed E-state index contributed by atoms with van der Waals surface area (Å²) < 4.78 is 118. The molecule has 1 unspecified atom stereocenters. The van der Waals surface area contributed by atoms with Gasteiger partial charge in [0.25, 0.3) is 11.5 Å². The van der Waals surface area contributed by atoms with Crippen LogP contribution in [0.1, 0.15) is 33.7 Å². The molecule has 0 radical (unpaired) electrons. The number of oxime groups is 1. The van der Waals surface area contributed by atoms with Gasteiger partial charge in [0.1, 0.15) is 6.54 Å². The molecular formula is C20H15ClF9N5O3. The molecule has 208 valence electrons. The molecule has 0 bridgehead atoms. The van der Waals surface area contributed by atoms with Crippen molar-refractivity contribution in [3.63, 3.8) is 0 Å². The number of rotatable bonds is 6. The third-order valence-corrected chi connectivity index (χ3v) is 5.54. The van der Waals surface area contributed by atoms with Gasteiger partial charge in [-0.3, -0.25) is 14.3 Å². The van der Waals surface area contributed by atoms with E-state index in [4.69, 9.17) is 11.6 Å². The van der Waals surface area contributed by atoms with Crippen LogP contribution >= 0.6 is 11.6 Å². The van der Waals surface area contributed by atoms with Crippen molar-refractivity contribution < 1.29 is 53.9 Å². The first-order valence-electron chi connectivity index (χ1n) is 10.2. The molecule has 1 aromatic carbocycles. The van der Waals surface area contributed by atoms with Gasteiger partial charge in [-0.25, -0.2) is 0 Å². The van der Waals surface area contributed by atoms with E-state index in [0.29, 0.717) is 4.68 Å². The molecule has 0 saturated heterocycles. The van der Waals surface area contributed by atoms with Crippen molar-refractivity contribution in [2.45, 2.75) is 30.6 Å². The van der Waals surface area contributed by atoms with Crippen molar-refractivity contribution in [3.8, 4) is 0 Å². The maximum absolute atomic E-state index is 14.1. The minimum atomic E-state index is -5.26. The molecule has 0 aliphatic carbocycles. The van der Waals surface area contributed by atoms with Crippen molar-refractivity contribution in [3.05, 3.63) is 51.8 Å². The van der Waals surface area contributed by atoms with Crippen LogP contribution in [-0.4, -0.2) is 52.7 Å². The Morgan fingerprint density at radius 1 is 1.08 bits per heavy atom. The normalized spacial score (nSPS) is 18.1. The lowest BCUT2D eigenvalue weighted by Crippen LogP contribution is -2.44. The molecule has 18 heteroatoms. The molecule has 2 heterocycles. The molecule has 1 aromatic heterocycles. The van der Waals surface area contributed by atoms with E-state index in [-0.39, 0.29) is 22.2 Å². The lowest BCUT2D eigenvalue weighted by Gasteiger charge is -2.28. The Morgan fingerprint density at radius 2 is 1.74 bits per heavy atom. The van der Waals surface area contributed by atoms with Crippen LogP contribution in [0.2, 0.25) is 5.02 Å². The largest absolute Gasteiger partial charge is 0.437 e. The number of amides is 2. The van der Waals surface area contributed by atoms with Gasteiger partial charge < -0.3 is 15.5 Å². The lowest BCUT2D eigenvalue weighted by atomic mass is 9.89. The Labute approximate surface area is 211 Å². The van der Waals surface area contributed by atoms with Crippen molar-refractivity contribution in [2.75, 3.05) is 13.1 Å². The average Bonchev–Trinajstić information content (AvgIpc) is 3.40. The highest BCUT2D eigenvalue weighted by Gasteiger charge is 2.64. The number of benzene rings is 1. The summed E-state index contributed by atoms with van der Waals surface area (Å²) in [4.78, 5) is 28.6. The average molecular weight is 580 g/mol. The number of carbonyl (C=O) groups is 2. The molecule has 8 nitrogen and oxygen atoms in total. The van der Waals surface area contributed by atoms with Gasteiger partial charge in [0.05, 0.1) is 35.0 Å². The van der Waals surface area contributed by atoms with Crippen LogP contribution in [0.25, 0.3) is 0 Å². The Balaban J connectivity index is 1.83. The molecule has 0 saturated carbocycles. The molecule has 1 aliphatic rings. The number of nitrogens with one attached hydrogen (secondary N) is 2. The summed E-state index contributed by atoms with van der Waals surface area (Å²) in [5.41, 5.74) is -6.82. The predicted molar refractivity (Wildman–Crippen MR) is 111 cm³/mol. The van der Waals surface area contributed by atoms with Gasteiger partial charge in [0, 0.05) is 12.6 Å². The van der Waals surface area contributed by atoms with E-state index < -0.39 is 72.6 Å². The van der Waals surface area contributed by atoms with Crippen LogP contribution in [0.4, 0.5) is 39.5 Å². The predicted octanol–water partition coefficient (Wildman–Crippen LogP) is 4.08. The summed E-state index contributed by atoms with van der Waals surface area (Å²) in [6.45, 7) is -2.52. The number of nitrogens with zero attached hydrogens (tertiary/aromatic N) is 3. The smallest absolute Gasteiger partial charge is 0.372 e. The van der Waals surface area contributed by atoms with Crippen molar-refractivity contribution in [1.29, 1.82) is 0 Å². The summed E-state index contributed by atoms with van der Waals surface area (Å²) >= 11 is 5.95. The zero-order valence-electron chi connectivity index (χ0n) is 18.8. The van der Waals surface area contributed by atoms with Crippen LogP contribution < -0.4 is 10.6 Å². The molecule has 38 heavy (non-hydrogen) atoms. The van der Waals surface area contributed by atoms with Crippen LogP contribution in [0.3, 0.4) is 0 Å². The number of carbonyl (C=O) groups excluding carboxylic acids is 2. The molecule has 0 fully saturated rings. The summed E-state index contributed by atoms with van der Waals surface area (Å²) in [6, 6.07) is 3.42. The maximum atomic E-state index is 14.1. The SMILES string of the molecule is Cn1nc(C(F)(F)F)cc1C1(C(F)(F)F)CC(c2ccc(Cl)c(C(=O)NCC(=O)NCC(F)(F)F)c2)=NO1. The highest BCUT2D eigenvalue weighted by molar-refractivity contribution is 6.34. The van der Waals surface area contributed by atoms with Crippen LogP contribution in [0.15, 0.2) is 29.4 Å². The zero-order chi connectivity index (χ0) is 28.7. The number of hydrogen-bond acceptors (Lipinski definition) is 5. The summed E-state index contributed by atoms with van der Waals surface area (Å²) in [5, 5.41) is 9.79. The van der Waals surface area contributed by atoms with Gasteiger partial charge in [-0.1, -0.05) is 22.8 Å². The van der Waals surface area contributed by atoms with E-state index in [0.717, 1.165) is 25.2 Å². The molecule has 1 atom stereocenters. The third-order valence-electron chi connectivity index (χ3n) is 5.21. The van der Waals surface area contributed by atoms with E-state index in [2.05, 4.69) is 15.1 Å². The monoisotopic (exact) mass is 579 g/mol. The number of aromatic nitrogens is 2. The molecule has 0 spiro atoms. The van der Waals surface area contributed by atoms with Crippen LogP contribution in [0, 0.1) is 0 Å². The minimum Gasteiger partial charge on any atom is -0.372 e. The fourth-order valence-corrected chi connectivity index (χ4v) is 3.61. The second-order valence-electron chi connectivity index (χ2n) is 7.94. The number of alkyl halides is 9. The van der Waals surface area contributed by atoms with Gasteiger partial charge in [0.15, 0.2) is 5.69 Å².